The number of hydrogen-bond acceptors (Lipinski definition) is 4. The third kappa shape index (κ3) is 4.54. The smallest absolute Gasteiger partial charge is 0.326 e. The average molecular weight is 241 g/mol. The van der Waals surface area contributed by atoms with Gasteiger partial charge in [0.2, 0.25) is 5.88 Å². The number of aromatic nitrogens is 1. The minimum atomic E-state index is -1.06. The lowest BCUT2D eigenvalue weighted by Crippen LogP contribution is -2.43. The third-order valence-electron chi connectivity index (χ3n) is 1.99. The lowest BCUT2D eigenvalue weighted by molar-refractivity contribution is -0.139. The monoisotopic (exact) mass is 241 g/mol. The summed E-state index contributed by atoms with van der Waals surface area (Å²) >= 11 is 0. The van der Waals surface area contributed by atoms with Gasteiger partial charge in [-0.2, -0.15) is 0 Å². The number of hydrogen-bond donors (Lipinski definition) is 3. The molecule has 1 rings (SSSR count). The Hall–Kier alpha value is -2.05. The van der Waals surface area contributed by atoms with E-state index in [2.05, 4.69) is 20.3 Å². The number of urea groups is 1. The topological polar surface area (TPSA) is 104 Å². The fraction of sp³-hybridized carbons (Fsp3) is 0.500. The van der Waals surface area contributed by atoms with E-state index in [4.69, 9.17) is 5.11 Å². The van der Waals surface area contributed by atoms with Crippen LogP contribution in [0.15, 0.2) is 16.8 Å². The second kappa shape index (κ2) is 5.88. The van der Waals surface area contributed by atoms with Gasteiger partial charge < -0.3 is 14.9 Å². The number of anilines is 1. The van der Waals surface area contributed by atoms with Gasteiger partial charge in [0.05, 0.1) is 6.20 Å². The van der Waals surface area contributed by atoms with Gasteiger partial charge in [-0.25, -0.2) is 9.59 Å². The fourth-order valence-corrected chi connectivity index (χ4v) is 1.28. The number of nitrogens with one attached hydrogen (secondary N) is 2. The molecule has 7 nitrogen and oxygen atoms in total. The molecule has 7 heteroatoms. The summed E-state index contributed by atoms with van der Waals surface area (Å²) in [4.78, 5) is 22.3. The summed E-state index contributed by atoms with van der Waals surface area (Å²) in [6, 6.07) is -0.0923. The molecular weight excluding hydrogens is 226 g/mol. The summed E-state index contributed by atoms with van der Waals surface area (Å²) in [7, 11) is 0. The zero-order valence-electron chi connectivity index (χ0n) is 9.64. The molecule has 1 aromatic heterocycles. The number of nitrogens with zero attached hydrogens (tertiary/aromatic N) is 1. The maximum atomic E-state index is 11.4. The summed E-state index contributed by atoms with van der Waals surface area (Å²) in [6.07, 6.45) is 1.73. The number of carboxylic acid groups (broad SMARTS) is 1. The third-order valence-corrected chi connectivity index (χ3v) is 1.99. The van der Waals surface area contributed by atoms with E-state index in [0.717, 1.165) is 0 Å². The number of aliphatic carboxylic acids is 1. The summed E-state index contributed by atoms with van der Waals surface area (Å²) in [5, 5.41) is 17.0. The van der Waals surface area contributed by atoms with Gasteiger partial charge in [-0.1, -0.05) is 19.0 Å². The molecule has 1 unspecified atom stereocenters. The number of rotatable bonds is 5. The Morgan fingerprint density at radius 1 is 1.53 bits per heavy atom. The van der Waals surface area contributed by atoms with Crippen LogP contribution in [0.4, 0.5) is 10.7 Å². The SMILES string of the molecule is CC(C)CC(NC(=O)Nc1ccno1)C(=O)O. The van der Waals surface area contributed by atoms with Gasteiger partial charge in [-0.15, -0.1) is 0 Å². The van der Waals surface area contributed by atoms with Gasteiger partial charge in [-0.3, -0.25) is 5.32 Å². The molecule has 0 saturated heterocycles. The summed E-state index contributed by atoms with van der Waals surface area (Å²) in [5.74, 6) is -0.732. The van der Waals surface area contributed by atoms with Gasteiger partial charge in [0, 0.05) is 6.07 Å². The van der Waals surface area contributed by atoms with Crippen molar-refractivity contribution in [2.75, 3.05) is 5.32 Å². The van der Waals surface area contributed by atoms with Crippen molar-refractivity contribution in [3.8, 4) is 0 Å². The molecule has 1 aromatic rings. The second-order valence-electron chi connectivity index (χ2n) is 4.00. The number of carboxylic acids is 1. The van der Waals surface area contributed by atoms with Crippen molar-refractivity contribution in [1.82, 2.24) is 10.5 Å². The largest absolute Gasteiger partial charge is 0.480 e. The molecule has 2 amide bonds. The lowest BCUT2D eigenvalue weighted by atomic mass is 10.0. The Labute approximate surface area is 98.2 Å². The van der Waals surface area contributed by atoms with Crippen molar-refractivity contribution < 1.29 is 19.2 Å². The highest BCUT2D eigenvalue weighted by atomic mass is 16.5. The highest BCUT2D eigenvalue weighted by Gasteiger charge is 2.21. The van der Waals surface area contributed by atoms with Crippen LogP contribution in [0.3, 0.4) is 0 Å². The zero-order chi connectivity index (χ0) is 12.8. The van der Waals surface area contributed by atoms with E-state index in [1.54, 1.807) is 0 Å². The summed E-state index contributed by atoms with van der Waals surface area (Å²) in [6.45, 7) is 3.76. The van der Waals surface area contributed by atoms with E-state index in [9.17, 15) is 9.59 Å². The van der Waals surface area contributed by atoms with Crippen LogP contribution in [0.2, 0.25) is 0 Å². The number of amides is 2. The standard InChI is InChI=1S/C10H15N3O4/c1-6(2)5-7(9(14)15)12-10(16)13-8-3-4-11-17-8/h3-4,6-7H,5H2,1-2H3,(H,14,15)(H2,12,13,16). The van der Waals surface area contributed by atoms with E-state index in [-0.39, 0.29) is 11.8 Å². The maximum absolute atomic E-state index is 11.4. The molecular formula is C10H15N3O4. The molecule has 3 N–H and O–H groups in total. The van der Waals surface area contributed by atoms with E-state index in [0.29, 0.717) is 6.42 Å². The molecule has 0 aliphatic carbocycles. The molecule has 0 fully saturated rings. The highest BCUT2D eigenvalue weighted by molar-refractivity contribution is 5.91. The maximum Gasteiger partial charge on any atom is 0.326 e. The Balaban J connectivity index is 2.49. The van der Waals surface area contributed by atoms with Crippen LogP contribution in [0.1, 0.15) is 20.3 Å². The van der Waals surface area contributed by atoms with Gasteiger partial charge in [0.15, 0.2) is 0 Å². The molecule has 1 heterocycles. The minimum absolute atomic E-state index is 0.163. The molecule has 0 saturated carbocycles. The molecule has 1 atom stereocenters. The van der Waals surface area contributed by atoms with Crippen LogP contribution >= 0.6 is 0 Å². The molecule has 94 valence electrons. The van der Waals surface area contributed by atoms with Gasteiger partial charge in [0.25, 0.3) is 0 Å². The predicted molar refractivity (Wildman–Crippen MR) is 59.5 cm³/mol. The van der Waals surface area contributed by atoms with Crippen LogP contribution in [-0.4, -0.2) is 28.3 Å². The van der Waals surface area contributed by atoms with Gasteiger partial charge in [0.1, 0.15) is 6.04 Å². The van der Waals surface area contributed by atoms with Crippen LogP contribution in [-0.2, 0) is 4.79 Å². The Bertz CT molecular complexity index is 375. The van der Waals surface area contributed by atoms with Crippen molar-refractivity contribution in [2.45, 2.75) is 26.3 Å². The lowest BCUT2D eigenvalue weighted by Gasteiger charge is -2.16. The van der Waals surface area contributed by atoms with E-state index in [1.165, 1.54) is 12.3 Å². The molecule has 0 spiro atoms. The average Bonchev–Trinajstić information content (AvgIpc) is 2.68. The van der Waals surface area contributed by atoms with Crippen LogP contribution in [0.5, 0.6) is 0 Å². The number of carbonyl (C=O) groups excluding carboxylic acids is 1. The fourth-order valence-electron chi connectivity index (χ4n) is 1.28. The molecule has 17 heavy (non-hydrogen) atoms. The van der Waals surface area contributed by atoms with Gasteiger partial charge in [-0.05, 0) is 12.3 Å². The quantitative estimate of drug-likeness (QED) is 0.720. The van der Waals surface area contributed by atoms with Crippen LogP contribution < -0.4 is 10.6 Å². The first kappa shape index (κ1) is 13.0. The number of carbonyl (C=O) groups is 2. The van der Waals surface area contributed by atoms with E-state index in [1.807, 2.05) is 13.8 Å². The van der Waals surface area contributed by atoms with E-state index < -0.39 is 18.0 Å². The first-order chi connectivity index (χ1) is 7.99. The van der Waals surface area contributed by atoms with Gasteiger partial charge >= 0.3 is 12.0 Å². The summed E-state index contributed by atoms with van der Waals surface area (Å²) in [5.41, 5.74) is 0. The van der Waals surface area contributed by atoms with E-state index >= 15 is 0 Å². The molecule has 0 aliphatic rings. The molecule has 0 bridgehead atoms. The molecule has 0 aliphatic heterocycles. The van der Waals surface area contributed by atoms with Crippen molar-refractivity contribution in [3.63, 3.8) is 0 Å². The zero-order valence-corrected chi connectivity index (χ0v) is 9.64. The Morgan fingerprint density at radius 3 is 2.71 bits per heavy atom. The first-order valence-corrected chi connectivity index (χ1v) is 5.20. The first-order valence-electron chi connectivity index (χ1n) is 5.20. The van der Waals surface area contributed by atoms with Crippen LogP contribution in [0, 0.1) is 5.92 Å². The van der Waals surface area contributed by atoms with Crippen LogP contribution in [0.25, 0.3) is 0 Å². The molecule has 0 aromatic carbocycles. The van der Waals surface area contributed by atoms with Crippen molar-refractivity contribution in [1.29, 1.82) is 0 Å². The van der Waals surface area contributed by atoms with Crippen molar-refractivity contribution in [3.05, 3.63) is 12.3 Å². The summed E-state index contributed by atoms with van der Waals surface area (Å²) < 4.78 is 4.66. The minimum Gasteiger partial charge on any atom is -0.480 e. The molecule has 0 radical (unpaired) electrons. The van der Waals surface area contributed by atoms with Crippen molar-refractivity contribution >= 4 is 17.9 Å². The van der Waals surface area contributed by atoms with Crippen molar-refractivity contribution in [2.24, 2.45) is 5.92 Å². The predicted octanol–water partition coefficient (Wildman–Crippen LogP) is 1.30. The second-order valence-corrected chi connectivity index (χ2v) is 4.00. The highest BCUT2D eigenvalue weighted by Crippen LogP contribution is 2.06. The Kier molecular flexibility index (Phi) is 4.50. The Morgan fingerprint density at radius 2 is 2.24 bits per heavy atom. The normalized spacial score (nSPS) is 12.2.